The lowest BCUT2D eigenvalue weighted by molar-refractivity contribution is 0.510. The van der Waals surface area contributed by atoms with Gasteiger partial charge in [0.15, 0.2) is 0 Å². The molecule has 5 heteroatoms. The topological polar surface area (TPSA) is 51.0 Å². The lowest BCUT2D eigenvalue weighted by Gasteiger charge is -1.96. The maximum atomic E-state index is 5.56. The van der Waals surface area contributed by atoms with Crippen molar-refractivity contribution in [2.24, 2.45) is 5.92 Å². The van der Waals surface area contributed by atoms with Crippen LogP contribution in [-0.2, 0) is 6.42 Å². The minimum atomic E-state index is 0.517. The van der Waals surface area contributed by atoms with Gasteiger partial charge in [-0.1, -0.05) is 18.4 Å². The molecule has 14 heavy (non-hydrogen) atoms. The second kappa shape index (κ2) is 4.17. The molecule has 1 fully saturated rings. The molecule has 0 bridgehead atoms. The van der Waals surface area contributed by atoms with Gasteiger partial charge in [-0.2, -0.15) is 0 Å². The molecule has 78 valence electrons. The molecule has 1 saturated carbocycles. The standard InChI is InChI=1S/C9H14ClN3O/c1-2-6-5-7(6)11-9-13-12-8(14-9)3-4-10/h6-7H,2-5H2,1H3,(H,11,13). The summed E-state index contributed by atoms with van der Waals surface area (Å²) in [6.07, 6.45) is 3.06. The summed E-state index contributed by atoms with van der Waals surface area (Å²) < 4.78 is 5.35. The van der Waals surface area contributed by atoms with E-state index in [2.05, 4.69) is 22.4 Å². The van der Waals surface area contributed by atoms with Crippen molar-refractivity contribution in [3.05, 3.63) is 5.89 Å². The third-order valence-electron chi connectivity index (χ3n) is 2.53. The van der Waals surface area contributed by atoms with Crippen LogP contribution in [0.5, 0.6) is 0 Å². The smallest absolute Gasteiger partial charge is 0.315 e. The Morgan fingerprint density at radius 2 is 2.43 bits per heavy atom. The van der Waals surface area contributed by atoms with Crippen LogP contribution in [0.4, 0.5) is 6.01 Å². The summed E-state index contributed by atoms with van der Waals surface area (Å²) in [5, 5.41) is 11.0. The van der Waals surface area contributed by atoms with Gasteiger partial charge in [0.2, 0.25) is 5.89 Å². The molecule has 0 radical (unpaired) electrons. The summed E-state index contributed by atoms with van der Waals surface area (Å²) in [5.41, 5.74) is 0. The highest BCUT2D eigenvalue weighted by molar-refractivity contribution is 6.17. The molecule has 0 saturated heterocycles. The normalized spacial score (nSPS) is 25.0. The summed E-state index contributed by atoms with van der Waals surface area (Å²) >= 11 is 5.56. The first-order valence-corrected chi connectivity index (χ1v) is 5.51. The van der Waals surface area contributed by atoms with E-state index in [0.29, 0.717) is 30.2 Å². The third kappa shape index (κ3) is 2.18. The molecule has 1 heterocycles. The lowest BCUT2D eigenvalue weighted by atomic mass is 10.3. The van der Waals surface area contributed by atoms with Crippen LogP contribution >= 0.6 is 11.6 Å². The first-order chi connectivity index (χ1) is 6.83. The molecule has 1 aromatic rings. The number of aryl methyl sites for hydroxylation is 1. The Balaban J connectivity index is 1.85. The number of nitrogens with one attached hydrogen (secondary N) is 1. The highest BCUT2D eigenvalue weighted by atomic mass is 35.5. The zero-order chi connectivity index (χ0) is 9.97. The Hall–Kier alpha value is -0.770. The summed E-state index contributed by atoms with van der Waals surface area (Å²) in [7, 11) is 0. The Kier molecular flexibility index (Phi) is 2.91. The van der Waals surface area contributed by atoms with Crippen LogP contribution < -0.4 is 5.32 Å². The average Bonchev–Trinajstić information content (AvgIpc) is 2.78. The van der Waals surface area contributed by atoms with E-state index in [1.54, 1.807) is 0 Å². The molecule has 2 unspecified atom stereocenters. The zero-order valence-corrected chi connectivity index (χ0v) is 8.92. The van der Waals surface area contributed by atoms with Gasteiger partial charge in [0.1, 0.15) is 0 Å². The van der Waals surface area contributed by atoms with E-state index in [1.807, 2.05) is 0 Å². The number of anilines is 1. The number of hydrogen-bond acceptors (Lipinski definition) is 4. The SMILES string of the molecule is CCC1CC1Nc1nnc(CCCl)o1. The van der Waals surface area contributed by atoms with Gasteiger partial charge >= 0.3 is 6.01 Å². The van der Waals surface area contributed by atoms with Gasteiger partial charge in [0, 0.05) is 18.3 Å². The Morgan fingerprint density at radius 1 is 1.57 bits per heavy atom. The van der Waals surface area contributed by atoms with Gasteiger partial charge in [-0.15, -0.1) is 16.7 Å². The first kappa shape index (κ1) is 9.77. The average molecular weight is 216 g/mol. The number of halogens is 1. The van der Waals surface area contributed by atoms with Crippen LogP contribution in [0.3, 0.4) is 0 Å². The maximum absolute atomic E-state index is 5.56. The van der Waals surface area contributed by atoms with Gasteiger partial charge < -0.3 is 9.73 Å². The van der Waals surface area contributed by atoms with Crippen LogP contribution in [-0.4, -0.2) is 22.1 Å². The van der Waals surface area contributed by atoms with E-state index in [9.17, 15) is 0 Å². The van der Waals surface area contributed by atoms with E-state index in [1.165, 1.54) is 12.8 Å². The van der Waals surface area contributed by atoms with Crippen LogP contribution in [0, 0.1) is 5.92 Å². The van der Waals surface area contributed by atoms with E-state index < -0.39 is 0 Å². The summed E-state index contributed by atoms with van der Waals surface area (Å²) in [5.74, 6) is 1.90. The second-order valence-electron chi connectivity index (χ2n) is 3.59. The molecule has 2 rings (SSSR count). The van der Waals surface area contributed by atoms with Crippen LogP contribution in [0.1, 0.15) is 25.7 Å². The van der Waals surface area contributed by atoms with Gasteiger partial charge in [-0.3, -0.25) is 0 Å². The number of rotatable bonds is 5. The number of aromatic nitrogens is 2. The van der Waals surface area contributed by atoms with Gasteiger partial charge in [-0.25, -0.2) is 0 Å². The molecule has 0 amide bonds. The zero-order valence-electron chi connectivity index (χ0n) is 8.16. The molecule has 1 aromatic heterocycles. The monoisotopic (exact) mass is 215 g/mol. The minimum Gasteiger partial charge on any atom is -0.408 e. The number of hydrogen-bond donors (Lipinski definition) is 1. The fourth-order valence-corrected chi connectivity index (χ4v) is 1.69. The van der Waals surface area contributed by atoms with Crippen molar-refractivity contribution in [2.45, 2.75) is 32.2 Å². The van der Waals surface area contributed by atoms with Crippen LogP contribution in [0.15, 0.2) is 4.42 Å². The van der Waals surface area contributed by atoms with E-state index in [-0.39, 0.29) is 0 Å². The summed E-state index contributed by atoms with van der Waals surface area (Å²) in [6, 6.07) is 1.07. The van der Waals surface area contributed by atoms with Crippen LogP contribution in [0.2, 0.25) is 0 Å². The largest absolute Gasteiger partial charge is 0.408 e. The van der Waals surface area contributed by atoms with Crippen LogP contribution in [0.25, 0.3) is 0 Å². The molecule has 1 aliphatic rings. The fourth-order valence-electron chi connectivity index (χ4n) is 1.53. The summed E-state index contributed by atoms with van der Waals surface area (Å²) in [4.78, 5) is 0. The van der Waals surface area contributed by atoms with Crippen molar-refractivity contribution in [1.29, 1.82) is 0 Å². The number of nitrogens with zero attached hydrogens (tertiary/aromatic N) is 2. The van der Waals surface area contributed by atoms with Crippen molar-refractivity contribution in [3.63, 3.8) is 0 Å². The van der Waals surface area contributed by atoms with Crippen molar-refractivity contribution in [3.8, 4) is 0 Å². The first-order valence-electron chi connectivity index (χ1n) is 4.98. The highest BCUT2D eigenvalue weighted by Gasteiger charge is 2.36. The summed E-state index contributed by atoms with van der Waals surface area (Å²) in [6.45, 7) is 2.19. The molecule has 1 N–H and O–H groups in total. The molecule has 1 aliphatic carbocycles. The molecular formula is C9H14ClN3O. The lowest BCUT2D eigenvalue weighted by Crippen LogP contribution is -2.04. The van der Waals surface area contributed by atoms with Crippen molar-refractivity contribution >= 4 is 17.6 Å². The van der Waals surface area contributed by atoms with Gasteiger partial charge in [0.05, 0.1) is 0 Å². The highest BCUT2D eigenvalue weighted by Crippen LogP contribution is 2.35. The third-order valence-corrected chi connectivity index (χ3v) is 2.72. The van der Waals surface area contributed by atoms with Gasteiger partial charge in [0.25, 0.3) is 0 Å². The molecule has 4 nitrogen and oxygen atoms in total. The van der Waals surface area contributed by atoms with E-state index >= 15 is 0 Å². The minimum absolute atomic E-state index is 0.517. The Morgan fingerprint density at radius 3 is 3.07 bits per heavy atom. The molecule has 0 aromatic carbocycles. The van der Waals surface area contributed by atoms with Gasteiger partial charge in [-0.05, 0) is 12.3 Å². The Bertz CT molecular complexity index is 302. The number of alkyl halides is 1. The Labute approximate surface area is 88.0 Å². The van der Waals surface area contributed by atoms with Crippen molar-refractivity contribution < 1.29 is 4.42 Å². The quantitative estimate of drug-likeness (QED) is 0.764. The van der Waals surface area contributed by atoms with E-state index in [4.69, 9.17) is 16.0 Å². The predicted octanol–water partition coefficient (Wildman–Crippen LogP) is 2.06. The fraction of sp³-hybridized carbons (Fsp3) is 0.778. The van der Waals surface area contributed by atoms with Crippen molar-refractivity contribution in [2.75, 3.05) is 11.2 Å². The molecule has 2 atom stereocenters. The van der Waals surface area contributed by atoms with E-state index in [0.717, 1.165) is 5.92 Å². The maximum Gasteiger partial charge on any atom is 0.315 e. The molecule has 0 spiro atoms. The van der Waals surface area contributed by atoms with Crippen molar-refractivity contribution in [1.82, 2.24) is 10.2 Å². The molecular weight excluding hydrogens is 202 g/mol. The second-order valence-corrected chi connectivity index (χ2v) is 3.97. The molecule has 0 aliphatic heterocycles. The predicted molar refractivity (Wildman–Crippen MR) is 54.5 cm³/mol.